The lowest BCUT2D eigenvalue weighted by Gasteiger charge is -2.27. The fraction of sp³-hybridized carbons (Fsp3) is 0.500. The predicted octanol–water partition coefficient (Wildman–Crippen LogP) is 7.50. The first kappa shape index (κ1) is 24.3. The van der Waals surface area contributed by atoms with Gasteiger partial charge >= 0.3 is 0 Å². The molecule has 1 saturated carbocycles. The molecule has 0 amide bonds. The summed E-state index contributed by atoms with van der Waals surface area (Å²) in [4.78, 5) is 0. The fourth-order valence-corrected chi connectivity index (χ4v) is 4.05. The van der Waals surface area contributed by atoms with Gasteiger partial charge in [-0.1, -0.05) is 25.8 Å². The zero-order chi connectivity index (χ0) is 23.5. The molecule has 0 atom stereocenters. The van der Waals surface area contributed by atoms with Gasteiger partial charge in [0.25, 0.3) is 5.92 Å². The Morgan fingerprint density at radius 1 is 0.812 bits per heavy atom. The quantitative estimate of drug-likeness (QED) is 0.380. The maximum absolute atomic E-state index is 14.6. The van der Waals surface area contributed by atoms with Crippen LogP contribution in [0.3, 0.4) is 0 Å². The molecule has 2 nitrogen and oxygen atoms in total. The van der Waals surface area contributed by atoms with E-state index in [9.17, 15) is 26.3 Å². The van der Waals surface area contributed by atoms with Crippen molar-refractivity contribution >= 4 is 0 Å². The highest BCUT2D eigenvalue weighted by Crippen LogP contribution is 2.40. The van der Waals surface area contributed by atoms with Gasteiger partial charge in [0.2, 0.25) is 11.6 Å². The van der Waals surface area contributed by atoms with E-state index in [0.29, 0.717) is 18.8 Å². The number of halogens is 6. The number of hydrogen-bond acceptors (Lipinski definition) is 2. The number of alkyl halides is 2. The Kier molecular flexibility index (Phi) is 7.62. The number of ether oxygens (including phenoxy) is 2. The molecule has 0 saturated heterocycles. The van der Waals surface area contributed by atoms with Crippen LogP contribution in [-0.4, -0.2) is 13.2 Å². The third kappa shape index (κ3) is 5.15. The second kappa shape index (κ2) is 10.0. The lowest BCUT2D eigenvalue weighted by atomic mass is 9.79. The number of benzene rings is 2. The highest BCUT2D eigenvalue weighted by Gasteiger charge is 2.37. The Morgan fingerprint density at radius 3 is 2.00 bits per heavy atom. The molecule has 0 radical (unpaired) electrons. The first-order valence-electron chi connectivity index (χ1n) is 10.8. The van der Waals surface area contributed by atoms with Gasteiger partial charge in [0.1, 0.15) is 0 Å². The summed E-state index contributed by atoms with van der Waals surface area (Å²) in [6, 6.07) is 4.31. The van der Waals surface area contributed by atoms with Crippen molar-refractivity contribution in [1.82, 2.24) is 0 Å². The van der Waals surface area contributed by atoms with Crippen molar-refractivity contribution in [2.45, 2.75) is 57.8 Å². The number of rotatable bonds is 8. The van der Waals surface area contributed by atoms with Crippen LogP contribution in [0.4, 0.5) is 26.3 Å². The van der Waals surface area contributed by atoms with Gasteiger partial charge < -0.3 is 9.47 Å². The normalized spacial score (nSPS) is 19.1. The van der Waals surface area contributed by atoms with Crippen LogP contribution in [0.15, 0.2) is 24.3 Å². The highest BCUT2D eigenvalue weighted by molar-refractivity contribution is 5.35. The van der Waals surface area contributed by atoms with Crippen LogP contribution in [0.25, 0.3) is 0 Å². The summed E-state index contributed by atoms with van der Waals surface area (Å²) in [7, 11) is 0. The molecule has 0 aliphatic heterocycles. The van der Waals surface area contributed by atoms with E-state index in [2.05, 4.69) is 6.92 Å². The summed E-state index contributed by atoms with van der Waals surface area (Å²) < 4.78 is 96.1. The maximum Gasteiger partial charge on any atom is 0.279 e. The average molecular weight is 460 g/mol. The molecule has 2 aromatic carbocycles. The summed E-state index contributed by atoms with van der Waals surface area (Å²) in [5, 5.41) is 0. The zero-order valence-corrected chi connectivity index (χ0v) is 18.0. The van der Waals surface area contributed by atoms with Crippen LogP contribution in [0.2, 0.25) is 0 Å². The molecule has 8 heteroatoms. The molecule has 32 heavy (non-hydrogen) atoms. The van der Waals surface area contributed by atoms with Crippen LogP contribution in [0.1, 0.15) is 63.0 Å². The minimum absolute atomic E-state index is 0.115. The molecule has 2 aromatic rings. The zero-order valence-electron chi connectivity index (χ0n) is 18.0. The van der Waals surface area contributed by atoms with Gasteiger partial charge in [-0.2, -0.15) is 8.78 Å². The molecule has 0 unspecified atom stereocenters. The van der Waals surface area contributed by atoms with Crippen molar-refractivity contribution in [1.29, 1.82) is 0 Å². The third-order valence-corrected chi connectivity index (χ3v) is 5.95. The van der Waals surface area contributed by atoms with Crippen molar-refractivity contribution < 1.29 is 35.8 Å². The largest absolute Gasteiger partial charge is 0.491 e. The number of hydrogen-bond donors (Lipinski definition) is 0. The molecule has 0 spiro atoms. The van der Waals surface area contributed by atoms with Crippen molar-refractivity contribution in [3.05, 3.63) is 58.7 Å². The van der Waals surface area contributed by atoms with E-state index in [1.165, 1.54) is 6.07 Å². The molecule has 0 N–H and O–H groups in total. The fourth-order valence-electron chi connectivity index (χ4n) is 4.05. The van der Waals surface area contributed by atoms with Gasteiger partial charge in [0.05, 0.1) is 25.2 Å². The monoisotopic (exact) mass is 460 g/mol. The van der Waals surface area contributed by atoms with Crippen molar-refractivity contribution in [2.75, 3.05) is 13.2 Å². The standard InChI is InChI=1S/C24H26F6O2/c1-3-31-18-10-11-19(23(28)22(18)27)32-13-12-24(29,30)17-9-8-16(20(25)21(17)26)15-6-4-14(2)5-7-15/h8-11,14-15H,3-7,12-13H2,1-2H3. The molecule has 176 valence electrons. The first-order chi connectivity index (χ1) is 15.2. The average Bonchev–Trinajstić information content (AvgIpc) is 2.75. The second-order valence-electron chi connectivity index (χ2n) is 8.21. The Balaban J connectivity index is 1.69. The highest BCUT2D eigenvalue weighted by atomic mass is 19.3. The van der Waals surface area contributed by atoms with Crippen LogP contribution >= 0.6 is 0 Å². The predicted molar refractivity (Wildman–Crippen MR) is 108 cm³/mol. The van der Waals surface area contributed by atoms with Crippen LogP contribution in [-0.2, 0) is 5.92 Å². The maximum atomic E-state index is 14.6. The third-order valence-electron chi connectivity index (χ3n) is 5.95. The smallest absolute Gasteiger partial charge is 0.279 e. The molecular formula is C24H26F6O2. The summed E-state index contributed by atoms with van der Waals surface area (Å²) in [5.41, 5.74) is -0.956. The molecular weight excluding hydrogens is 434 g/mol. The molecule has 0 aromatic heterocycles. The molecule has 0 heterocycles. The van der Waals surface area contributed by atoms with E-state index in [0.717, 1.165) is 31.0 Å². The Labute approximate surface area is 183 Å². The van der Waals surface area contributed by atoms with Crippen molar-refractivity contribution in [3.63, 3.8) is 0 Å². The van der Waals surface area contributed by atoms with Crippen molar-refractivity contribution in [2.24, 2.45) is 5.92 Å². The van der Waals surface area contributed by atoms with Crippen molar-refractivity contribution in [3.8, 4) is 11.5 Å². The second-order valence-corrected chi connectivity index (χ2v) is 8.21. The van der Waals surface area contributed by atoms with Gasteiger partial charge in [0.15, 0.2) is 23.1 Å². The molecule has 3 rings (SSSR count). The minimum Gasteiger partial charge on any atom is -0.491 e. The topological polar surface area (TPSA) is 18.5 Å². The lowest BCUT2D eigenvalue weighted by Crippen LogP contribution is -2.21. The van der Waals surface area contributed by atoms with Gasteiger partial charge in [-0.15, -0.1) is 0 Å². The van der Waals surface area contributed by atoms with Gasteiger partial charge in [-0.3, -0.25) is 0 Å². The van der Waals surface area contributed by atoms with E-state index in [-0.39, 0.29) is 23.8 Å². The Hall–Kier alpha value is -2.38. The molecule has 1 aliphatic rings. The minimum atomic E-state index is -3.76. The summed E-state index contributed by atoms with van der Waals surface area (Å²) in [6.45, 7) is 3.06. The van der Waals surface area contributed by atoms with Crippen LogP contribution in [0, 0.1) is 29.2 Å². The van der Waals surface area contributed by atoms with Crippen LogP contribution in [0.5, 0.6) is 11.5 Å². The Morgan fingerprint density at radius 2 is 1.41 bits per heavy atom. The van der Waals surface area contributed by atoms with Gasteiger partial charge in [0, 0.05) is 0 Å². The van der Waals surface area contributed by atoms with Gasteiger partial charge in [-0.05, 0) is 55.4 Å². The molecule has 0 bridgehead atoms. The molecule has 1 aliphatic carbocycles. The SMILES string of the molecule is CCOc1ccc(OCCC(F)(F)c2ccc(C3CCC(C)CC3)c(F)c2F)c(F)c1F. The summed E-state index contributed by atoms with van der Waals surface area (Å²) in [5.74, 6) is -9.83. The van der Waals surface area contributed by atoms with Gasteiger partial charge in [-0.25, -0.2) is 17.6 Å². The summed E-state index contributed by atoms with van der Waals surface area (Å²) in [6.07, 6.45) is 2.09. The van der Waals surface area contributed by atoms with E-state index >= 15 is 0 Å². The summed E-state index contributed by atoms with van der Waals surface area (Å²) >= 11 is 0. The van der Waals surface area contributed by atoms with E-state index in [4.69, 9.17) is 9.47 Å². The molecule has 1 fully saturated rings. The lowest BCUT2D eigenvalue weighted by molar-refractivity contribution is -0.0282. The van der Waals surface area contributed by atoms with Crippen LogP contribution < -0.4 is 9.47 Å². The first-order valence-corrected chi connectivity index (χ1v) is 10.8. The van der Waals surface area contributed by atoms with E-state index < -0.39 is 53.5 Å². The Bertz CT molecular complexity index is 939. The van der Waals surface area contributed by atoms with E-state index in [1.807, 2.05) is 0 Å². The van der Waals surface area contributed by atoms with E-state index in [1.54, 1.807) is 6.92 Å².